The first-order chi connectivity index (χ1) is 12.0. The van der Waals surface area contributed by atoms with E-state index in [1.54, 1.807) is 6.20 Å². The van der Waals surface area contributed by atoms with Gasteiger partial charge in [0.05, 0.1) is 12.5 Å². The van der Waals surface area contributed by atoms with Gasteiger partial charge in [-0.1, -0.05) is 6.07 Å². The standard InChI is InChI=1S/C18H30N6O.HI/c1-4-20-18(23-13(2)3)22-11-14-7-5-9-21-17(14)24-10-6-8-15(12-24)16(19)25;/h5,7,9,13,15H,4,6,8,10-12H2,1-3H3,(H2,19,25)(H2,20,22,23);1H. The number of anilines is 1. The summed E-state index contributed by atoms with van der Waals surface area (Å²) >= 11 is 0. The molecule has 1 aliphatic heterocycles. The van der Waals surface area contributed by atoms with E-state index in [2.05, 4.69) is 39.4 Å². The SMILES string of the molecule is CCNC(=NCc1cccnc1N1CCCC(C(N)=O)C1)NC(C)C.I. The molecule has 2 rings (SSSR count). The average molecular weight is 474 g/mol. The highest BCUT2D eigenvalue weighted by atomic mass is 127. The summed E-state index contributed by atoms with van der Waals surface area (Å²) in [7, 11) is 0. The van der Waals surface area contributed by atoms with Crippen molar-refractivity contribution in [3.8, 4) is 0 Å². The number of guanidine groups is 1. The molecule has 7 nitrogen and oxygen atoms in total. The molecule has 1 unspecified atom stereocenters. The molecule has 1 aromatic heterocycles. The fourth-order valence-electron chi connectivity index (χ4n) is 3.00. The molecule has 1 aliphatic rings. The van der Waals surface area contributed by atoms with Crippen molar-refractivity contribution >= 4 is 41.7 Å². The van der Waals surface area contributed by atoms with Gasteiger partial charge in [0.25, 0.3) is 0 Å². The topological polar surface area (TPSA) is 95.6 Å². The Balaban J connectivity index is 0.00000338. The lowest BCUT2D eigenvalue weighted by atomic mass is 9.97. The van der Waals surface area contributed by atoms with Crippen molar-refractivity contribution in [3.05, 3.63) is 23.9 Å². The number of primary amides is 1. The number of nitrogens with zero attached hydrogens (tertiary/aromatic N) is 3. The Hall–Kier alpha value is -1.58. The van der Waals surface area contributed by atoms with Crippen molar-refractivity contribution < 1.29 is 4.79 Å². The van der Waals surface area contributed by atoms with E-state index in [1.807, 2.05) is 19.1 Å². The second-order valence-corrected chi connectivity index (χ2v) is 6.67. The molecule has 0 saturated carbocycles. The minimum atomic E-state index is -0.226. The van der Waals surface area contributed by atoms with Gasteiger partial charge in [0.1, 0.15) is 5.82 Å². The molecule has 0 spiro atoms. The Morgan fingerprint density at radius 3 is 2.92 bits per heavy atom. The number of amides is 1. The van der Waals surface area contributed by atoms with Crippen molar-refractivity contribution in [1.82, 2.24) is 15.6 Å². The van der Waals surface area contributed by atoms with Crippen LogP contribution in [0.25, 0.3) is 0 Å². The molecule has 0 aliphatic carbocycles. The maximum atomic E-state index is 11.5. The summed E-state index contributed by atoms with van der Waals surface area (Å²) in [6, 6.07) is 4.27. The van der Waals surface area contributed by atoms with Crippen LogP contribution in [0.15, 0.2) is 23.3 Å². The smallest absolute Gasteiger partial charge is 0.222 e. The number of aromatic nitrogens is 1. The van der Waals surface area contributed by atoms with Gasteiger partial charge in [0.15, 0.2) is 5.96 Å². The lowest BCUT2D eigenvalue weighted by Gasteiger charge is -2.33. The summed E-state index contributed by atoms with van der Waals surface area (Å²) in [4.78, 5) is 22.9. The van der Waals surface area contributed by atoms with Crippen molar-refractivity contribution in [3.63, 3.8) is 0 Å². The van der Waals surface area contributed by atoms with E-state index in [4.69, 9.17) is 5.73 Å². The van der Waals surface area contributed by atoms with Crippen molar-refractivity contribution in [2.24, 2.45) is 16.6 Å². The zero-order chi connectivity index (χ0) is 18.2. The molecule has 146 valence electrons. The minimum absolute atomic E-state index is 0. The fraction of sp³-hybridized carbons (Fsp3) is 0.611. The molecular weight excluding hydrogens is 443 g/mol. The first kappa shape index (κ1) is 22.5. The van der Waals surface area contributed by atoms with Gasteiger partial charge in [0, 0.05) is 37.4 Å². The molecule has 0 radical (unpaired) electrons. The van der Waals surface area contributed by atoms with Crippen molar-refractivity contribution in [2.45, 2.75) is 46.2 Å². The molecule has 1 fully saturated rings. The number of pyridine rings is 1. The Morgan fingerprint density at radius 2 is 2.27 bits per heavy atom. The van der Waals surface area contributed by atoms with E-state index >= 15 is 0 Å². The van der Waals surface area contributed by atoms with Gasteiger partial charge in [-0.05, 0) is 39.7 Å². The monoisotopic (exact) mass is 474 g/mol. The highest BCUT2D eigenvalue weighted by Crippen LogP contribution is 2.24. The predicted molar refractivity (Wildman–Crippen MR) is 117 cm³/mol. The first-order valence-corrected chi connectivity index (χ1v) is 9.04. The summed E-state index contributed by atoms with van der Waals surface area (Å²) in [5.74, 6) is 1.36. The Labute approximate surface area is 173 Å². The van der Waals surface area contributed by atoms with Gasteiger partial charge in [-0.3, -0.25) is 4.79 Å². The van der Waals surface area contributed by atoms with Crippen LogP contribution in [0.2, 0.25) is 0 Å². The molecule has 0 bridgehead atoms. The quantitative estimate of drug-likeness (QED) is 0.333. The molecule has 26 heavy (non-hydrogen) atoms. The second kappa shape index (κ2) is 11.2. The largest absolute Gasteiger partial charge is 0.369 e. The number of carbonyl (C=O) groups is 1. The number of hydrogen-bond donors (Lipinski definition) is 3. The van der Waals surface area contributed by atoms with Crippen LogP contribution in [0.5, 0.6) is 0 Å². The van der Waals surface area contributed by atoms with Crippen LogP contribution in [0.3, 0.4) is 0 Å². The second-order valence-electron chi connectivity index (χ2n) is 6.67. The van der Waals surface area contributed by atoms with Gasteiger partial charge in [-0.25, -0.2) is 9.98 Å². The van der Waals surface area contributed by atoms with Crippen LogP contribution in [0.1, 0.15) is 39.2 Å². The number of carbonyl (C=O) groups excluding carboxylic acids is 1. The molecule has 2 heterocycles. The molecule has 0 aromatic carbocycles. The summed E-state index contributed by atoms with van der Waals surface area (Å²) < 4.78 is 0. The number of aliphatic imine (C=N–C) groups is 1. The lowest BCUT2D eigenvalue weighted by molar-refractivity contribution is -0.122. The molecular formula is C18H31IN6O. The summed E-state index contributed by atoms with van der Waals surface area (Å²) in [6.45, 7) is 9.08. The maximum absolute atomic E-state index is 11.5. The van der Waals surface area contributed by atoms with Crippen LogP contribution in [-0.4, -0.2) is 42.5 Å². The molecule has 1 saturated heterocycles. The fourth-order valence-corrected chi connectivity index (χ4v) is 3.00. The van der Waals surface area contributed by atoms with Crippen LogP contribution in [0, 0.1) is 5.92 Å². The minimum Gasteiger partial charge on any atom is -0.369 e. The molecule has 4 N–H and O–H groups in total. The van der Waals surface area contributed by atoms with E-state index in [-0.39, 0.29) is 35.8 Å². The lowest BCUT2D eigenvalue weighted by Crippen LogP contribution is -2.42. The van der Waals surface area contributed by atoms with E-state index in [9.17, 15) is 4.79 Å². The summed E-state index contributed by atoms with van der Waals surface area (Å²) in [5, 5.41) is 6.56. The Bertz CT molecular complexity index is 607. The van der Waals surface area contributed by atoms with E-state index in [0.717, 1.165) is 43.3 Å². The van der Waals surface area contributed by atoms with Gasteiger partial charge < -0.3 is 21.3 Å². The Morgan fingerprint density at radius 1 is 1.50 bits per heavy atom. The van der Waals surface area contributed by atoms with Gasteiger partial charge >= 0.3 is 0 Å². The third kappa shape index (κ3) is 6.62. The normalized spacial score (nSPS) is 17.6. The van der Waals surface area contributed by atoms with E-state index < -0.39 is 0 Å². The highest BCUT2D eigenvalue weighted by Gasteiger charge is 2.25. The van der Waals surface area contributed by atoms with Crippen LogP contribution >= 0.6 is 24.0 Å². The van der Waals surface area contributed by atoms with E-state index in [0.29, 0.717) is 19.1 Å². The van der Waals surface area contributed by atoms with Crippen LogP contribution in [0.4, 0.5) is 5.82 Å². The number of rotatable bonds is 6. The third-order valence-electron chi connectivity index (χ3n) is 4.17. The third-order valence-corrected chi connectivity index (χ3v) is 4.17. The zero-order valence-corrected chi connectivity index (χ0v) is 18.2. The number of halogens is 1. The van der Waals surface area contributed by atoms with Gasteiger partial charge in [0.2, 0.25) is 5.91 Å². The predicted octanol–water partition coefficient (Wildman–Crippen LogP) is 1.86. The molecule has 1 aromatic rings. The summed E-state index contributed by atoms with van der Waals surface area (Å²) in [6.07, 6.45) is 3.59. The summed E-state index contributed by atoms with van der Waals surface area (Å²) in [5.41, 5.74) is 6.55. The number of hydrogen-bond acceptors (Lipinski definition) is 4. The van der Waals surface area contributed by atoms with Crippen molar-refractivity contribution in [2.75, 3.05) is 24.5 Å². The first-order valence-electron chi connectivity index (χ1n) is 9.04. The van der Waals surface area contributed by atoms with Gasteiger partial charge in [-0.2, -0.15) is 0 Å². The Kier molecular flexibility index (Phi) is 9.68. The zero-order valence-electron chi connectivity index (χ0n) is 15.9. The average Bonchev–Trinajstić information content (AvgIpc) is 2.60. The molecule has 1 amide bonds. The van der Waals surface area contributed by atoms with Crippen LogP contribution in [-0.2, 0) is 11.3 Å². The number of piperidine rings is 1. The van der Waals surface area contributed by atoms with Crippen molar-refractivity contribution in [1.29, 1.82) is 0 Å². The number of nitrogens with two attached hydrogens (primary N) is 1. The maximum Gasteiger partial charge on any atom is 0.222 e. The van der Waals surface area contributed by atoms with Crippen LogP contribution < -0.4 is 21.3 Å². The molecule has 1 atom stereocenters. The van der Waals surface area contributed by atoms with Gasteiger partial charge in [-0.15, -0.1) is 24.0 Å². The van der Waals surface area contributed by atoms with E-state index in [1.165, 1.54) is 0 Å². The number of nitrogens with one attached hydrogen (secondary N) is 2. The highest BCUT2D eigenvalue weighted by molar-refractivity contribution is 14.0. The molecule has 8 heteroatoms.